The second-order valence-corrected chi connectivity index (χ2v) is 4.38. The molecule has 0 aromatic heterocycles. The van der Waals surface area contributed by atoms with Gasteiger partial charge in [-0.1, -0.05) is 12.1 Å². The molecule has 0 aliphatic rings. The van der Waals surface area contributed by atoms with Crippen LogP contribution in [-0.2, 0) is 6.61 Å². The van der Waals surface area contributed by atoms with Crippen LogP contribution in [0.4, 0.5) is 4.39 Å². The number of ether oxygens (including phenoxy) is 1. The van der Waals surface area contributed by atoms with Crippen molar-refractivity contribution in [1.82, 2.24) is 5.43 Å². The molecule has 2 aromatic carbocycles. The minimum Gasteiger partial charge on any atom is -0.489 e. The number of halogens is 1. The Morgan fingerprint density at radius 1 is 1.30 bits per heavy atom. The number of rotatable bonds is 4. The second kappa shape index (κ2) is 6.16. The maximum Gasteiger partial charge on any atom is 0.265 e. The molecular formula is C15H15FN2O2. The van der Waals surface area contributed by atoms with Gasteiger partial charge in [0.05, 0.1) is 0 Å². The number of hydrogen-bond acceptors (Lipinski definition) is 3. The molecule has 3 N–H and O–H groups in total. The highest BCUT2D eigenvalue weighted by atomic mass is 19.1. The number of carbonyl (C=O) groups is 1. The fourth-order valence-corrected chi connectivity index (χ4v) is 1.78. The van der Waals surface area contributed by atoms with E-state index >= 15 is 0 Å². The lowest BCUT2D eigenvalue weighted by molar-refractivity contribution is 0.0953. The SMILES string of the molecule is Cc1cccc(OCc2cc(C(=O)NN)ccc2F)c1. The first kappa shape index (κ1) is 14.0. The van der Waals surface area contributed by atoms with E-state index in [4.69, 9.17) is 10.6 Å². The standard InChI is InChI=1S/C15H15FN2O2/c1-10-3-2-4-13(7-10)20-9-12-8-11(15(19)18-17)5-6-14(12)16/h2-8H,9,17H2,1H3,(H,18,19). The molecule has 0 bridgehead atoms. The molecule has 0 saturated heterocycles. The Labute approximate surface area is 116 Å². The number of amides is 1. The first-order valence-electron chi connectivity index (χ1n) is 6.09. The van der Waals surface area contributed by atoms with Crippen LogP contribution in [0.25, 0.3) is 0 Å². The Kier molecular flexibility index (Phi) is 4.32. The predicted molar refractivity (Wildman–Crippen MR) is 73.6 cm³/mol. The minimum atomic E-state index is -0.471. The zero-order valence-corrected chi connectivity index (χ0v) is 11.0. The van der Waals surface area contributed by atoms with E-state index in [1.165, 1.54) is 18.2 Å². The van der Waals surface area contributed by atoms with E-state index in [-0.39, 0.29) is 12.2 Å². The summed E-state index contributed by atoms with van der Waals surface area (Å²) in [6.45, 7) is 1.99. The van der Waals surface area contributed by atoms with Crippen LogP contribution in [0, 0.1) is 12.7 Å². The molecule has 0 radical (unpaired) electrons. The van der Waals surface area contributed by atoms with Crippen molar-refractivity contribution in [2.24, 2.45) is 5.84 Å². The highest BCUT2D eigenvalue weighted by Gasteiger charge is 2.09. The van der Waals surface area contributed by atoms with Gasteiger partial charge in [-0.25, -0.2) is 10.2 Å². The van der Waals surface area contributed by atoms with Crippen LogP contribution in [-0.4, -0.2) is 5.91 Å². The van der Waals surface area contributed by atoms with E-state index in [0.29, 0.717) is 11.3 Å². The summed E-state index contributed by atoms with van der Waals surface area (Å²) in [6.07, 6.45) is 0. The molecule has 0 atom stereocenters. The van der Waals surface area contributed by atoms with Crippen molar-refractivity contribution in [3.63, 3.8) is 0 Å². The lowest BCUT2D eigenvalue weighted by Crippen LogP contribution is -2.30. The topological polar surface area (TPSA) is 64.3 Å². The van der Waals surface area contributed by atoms with Crippen molar-refractivity contribution < 1.29 is 13.9 Å². The number of benzene rings is 2. The van der Waals surface area contributed by atoms with Crippen molar-refractivity contribution in [3.8, 4) is 5.75 Å². The van der Waals surface area contributed by atoms with Gasteiger partial charge in [0, 0.05) is 11.1 Å². The van der Waals surface area contributed by atoms with Crippen molar-refractivity contribution in [2.75, 3.05) is 0 Å². The summed E-state index contributed by atoms with van der Waals surface area (Å²) in [5.74, 6) is 4.80. The van der Waals surface area contributed by atoms with Gasteiger partial charge in [0.15, 0.2) is 0 Å². The number of carbonyl (C=O) groups excluding carboxylic acids is 1. The quantitative estimate of drug-likeness (QED) is 0.511. The molecule has 104 valence electrons. The van der Waals surface area contributed by atoms with E-state index in [9.17, 15) is 9.18 Å². The molecule has 0 saturated carbocycles. The average molecular weight is 274 g/mol. The van der Waals surface area contributed by atoms with Crippen LogP contribution in [0.1, 0.15) is 21.5 Å². The third-order valence-electron chi connectivity index (χ3n) is 2.82. The summed E-state index contributed by atoms with van der Waals surface area (Å²) in [4.78, 5) is 11.4. The fourth-order valence-electron chi connectivity index (χ4n) is 1.78. The van der Waals surface area contributed by atoms with Crippen molar-refractivity contribution in [1.29, 1.82) is 0 Å². The molecule has 2 aromatic rings. The molecule has 0 aliphatic carbocycles. The number of hydrogen-bond donors (Lipinski definition) is 2. The highest BCUT2D eigenvalue weighted by molar-refractivity contribution is 5.93. The van der Waals surface area contributed by atoms with Crippen molar-refractivity contribution in [3.05, 3.63) is 65.0 Å². The summed E-state index contributed by atoms with van der Waals surface area (Å²) < 4.78 is 19.2. The molecule has 4 nitrogen and oxygen atoms in total. The summed E-state index contributed by atoms with van der Waals surface area (Å²) in [6, 6.07) is 11.5. The van der Waals surface area contributed by atoms with Crippen molar-refractivity contribution >= 4 is 5.91 Å². The van der Waals surface area contributed by atoms with E-state index in [1.807, 2.05) is 30.5 Å². The van der Waals surface area contributed by atoms with Crippen LogP contribution in [0.2, 0.25) is 0 Å². The van der Waals surface area contributed by atoms with Crippen LogP contribution in [0.15, 0.2) is 42.5 Å². The maximum atomic E-state index is 13.7. The Bertz CT molecular complexity index is 629. The zero-order valence-electron chi connectivity index (χ0n) is 11.0. The fraction of sp³-hybridized carbons (Fsp3) is 0.133. The Morgan fingerprint density at radius 3 is 2.80 bits per heavy atom. The summed E-state index contributed by atoms with van der Waals surface area (Å²) in [7, 11) is 0. The molecule has 5 heteroatoms. The van der Waals surface area contributed by atoms with E-state index in [2.05, 4.69) is 0 Å². The molecule has 20 heavy (non-hydrogen) atoms. The normalized spacial score (nSPS) is 10.2. The third kappa shape index (κ3) is 3.33. The molecule has 0 fully saturated rings. The van der Waals surface area contributed by atoms with Crippen LogP contribution in [0.5, 0.6) is 5.75 Å². The zero-order chi connectivity index (χ0) is 14.5. The van der Waals surface area contributed by atoms with Gasteiger partial charge in [0.1, 0.15) is 18.2 Å². The van der Waals surface area contributed by atoms with Gasteiger partial charge >= 0.3 is 0 Å². The van der Waals surface area contributed by atoms with E-state index in [1.54, 1.807) is 6.07 Å². The van der Waals surface area contributed by atoms with E-state index < -0.39 is 11.7 Å². The van der Waals surface area contributed by atoms with Gasteiger partial charge in [-0.15, -0.1) is 0 Å². The van der Waals surface area contributed by atoms with Crippen LogP contribution < -0.4 is 16.0 Å². The summed E-state index contributed by atoms with van der Waals surface area (Å²) in [5.41, 5.74) is 3.65. The number of aryl methyl sites for hydroxylation is 1. The molecular weight excluding hydrogens is 259 g/mol. The minimum absolute atomic E-state index is 0.0426. The number of nitrogens with two attached hydrogens (primary N) is 1. The Hall–Kier alpha value is -2.40. The summed E-state index contributed by atoms with van der Waals surface area (Å²) in [5, 5.41) is 0. The molecule has 0 spiro atoms. The first-order chi connectivity index (χ1) is 9.60. The Morgan fingerprint density at radius 2 is 2.10 bits per heavy atom. The molecule has 0 aliphatic heterocycles. The lowest BCUT2D eigenvalue weighted by Gasteiger charge is -2.09. The predicted octanol–water partition coefficient (Wildman–Crippen LogP) is 2.32. The van der Waals surface area contributed by atoms with Gasteiger partial charge in [-0.05, 0) is 42.8 Å². The van der Waals surface area contributed by atoms with E-state index in [0.717, 1.165) is 5.56 Å². The lowest BCUT2D eigenvalue weighted by atomic mass is 10.1. The third-order valence-corrected chi connectivity index (χ3v) is 2.82. The number of hydrazine groups is 1. The van der Waals surface area contributed by atoms with Gasteiger partial charge in [0.25, 0.3) is 5.91 Å². The summed E-state index contributed by atoms with van der Waals surface area (Å²) >= 11 is 0. The molecule has 1 amide bonds. The van der Waals surface area contributed by atoms with Crippen LogP contribution in [0.3, 0.4) is 0 Å². The van der Waals surface area contributed by atoms with Crippen LogP contribution >= 0.6 is 0 Å². The number of nitrogens with one attached hydrogen (secondary N) is 1. The van der Waals surface area contributed by atoms with Crippen molar-refractivity contribution in [2.45, 2.75) is 13.5 Å². The number of nitrogen functional groups attached to an aromatic ring is 1. The monoisotopic (exact) mass is 274 g/mol. The highest BCUT2D eigenvalue weighted by Crippen LogP contribution is 2.17. The molecule has 2 rings (SSSR count). The van der Waals surface area contributed by atoms with Gasteiger partial charge in [-0.2, -0.15) is 0 Å². The van der Waals surface area contributed by atoms with Gasteiger partial charge < -0.3 is 4.74 Å². The second-order valence-electron chi connectivity index (χ2n) is 4.38. The maximum absolute atomic E-state index is 13.7. The Balaban J connectivity index is 2.14. The van der Waals surface area contributed by atoms with Gasteiger partial charge in [-0.3, -0.25) is 10.2 Å². The average Bonchev–Trinajstić information content (AvgIpc) is 2.45. The largest absolute Gasteiger partial charge is 0.489 e. The van der Waals surface area contributed by atoms with Gasteiger partial charge in [0.2, 0.25) is 0 Å². The first-order valence-corrected chi connectivity index (χ1v) is 6.09. The molecule has 0 unspecified atom stereocenters. The molecule has 0 heterocycles. The smallest absolute Gasteiger partial charge is 0.265 e.